The van der Waals surface area contributed by atoms with Crippen LogP contribution in [0, 0.1) is 17.0 Å². The zero-order chi connectivity index (χ0) is 28.6. The van der Waals surface area contributed by atoms with E-state index in [1.54, 1.807) is 25.2 Å². The maximum Gasteiger partial charge on any atom is 0.321 e. The van der Waals surface area contributed by atoms with E-state index in [4.69, 9.17) is 25.6 Å². The van der Waals surface area contributed by atoms with Gasteiger partial charge in [-0.2, -0.15) is 4.39 Å². The highest BCUT2D eigenvalue weighted by Crippen LogP contribution is 2.38. The number of nitrogens with two attached hydrogens (primary N) is 1. The Balaban J connectivity index is 1.45. The average Bonchev–Trinajstić information content (AvgIpc) is 3.56. The second-order valence-corrected chi connectivity index (χ2v) is 10.0. The molecule has 1 aromatic heterocycles. The van der Waals surface area contributed by atoms with E-state index >= 15 is 4.39 Å². The van der Waals surface area contributed by atoms with E-state index in [1.807, 2.05) is 9.80 Å². The molecule has 208 valence electrons. The molecule has 1 saturated heterocycles. The molecular weight excluding hydrogens is 546 g/mol. The van der Waals surface area contributed by atoms with Gasteiger partial charge in [0, 0.05) is 24.2 Å². The predicted octanol–water partition coefficient (Wildman–Crippen LogP) is 3.41. The molecule has 0 radical (unpaired) electrons. The van der Waals surface area contributed by atoms with Crippen molar-refractivity contribution in [3.63, 3.8) is 0 Å². The van der Waals surface area contributed by atoms with Gasteiger partial charge in [-0.05, 0) is 30.3 Å². The second-order valence-electron chi connectivity index (χ2n) is 9.03. The van der Waals surface area contributed by atoms with E-state index in [-0.39, 0.29) is 28.6 Å². The van der Waals surface area contributed by atoms with E-state index in [0.29, 0.717) is 35.8 Å². The molecule has 0 aliphatic carbocycles. The number of carboxylic acids is 1. The summed E-state index contributed by atoms with van der Waals surface area (Å²) in [5.74, 6) is -4.12. The number of ether oxygens (including phenoxy) is 2. The number of phenolic OH excluding ortho intramolecular Hbond substituents is 1. The molecule has 5 rings (SSSR count). The minimum absolute atomic E-state index is 0.0932. The highest BCUT2D eigenvalue weighted by molar-refractivity contribution is 7.99. The Morgan fingerprint density at radius 3 is 2.73 bits per heavy atom. The fraction of sp³-hybridized carbons (Fsp3) is 0.231. The van der Waals surface area contributed by atoms with Gasteiger partial charge in [-0.25, -0.2) is 14.4 Å². The summed E-state index contributed by atoms with van der Waals surface area (Å²) in [5.41, 5.74) is 6.12. The summed E-state index contributed by atoms with van der Waals surface area (Å²) in [6, 6.07) is 9.70. The Labute approximate surface area is 231 Å². The number of rotatable bonds is 8. The lowest BCUT2D eigenvalue weighted by Crippen LogP contribution is -2.45. The van der Waals surface area contributed by atoms with Gasteiger partial charge in [-0.3, -0.25) is 15.1 Å². The van der Waals surface area contributed by atoms with Gasteiger partial charge in [-0.1, -0.05) is 12.1 Å². The van der Waals surface area contributed by atoms with Crippen LogP contribution in [0.3, 0.4) is 0 Å². The topological polar surface area (TPSA) is 158 Å². The van der Waals surface area contributed by atoms with Crippen LogP contribution in [0.4, 0.5) is 8.78 Å². The van der Waals surface area contributed by atoms with Crippen molar-refractivity contribution in [2.45, 2.75) is 12.2 Å². The van der Waals surface area contributed by atoms with Crippen LogP contribution in [0.25, 0.3) is 0 Å². The standard InChI is InChI=1S/C26H24F2N6O5S/c1-33-10-20(34-12-40-11-16(34)26(36)37)32-24(33)14-4-2-3-5-18(14)38-22-15(27)9-31-25(21(22)28)39-19-8-13(23(29)30)6-7-17(19)35/h2-9,16,20,35H,10-12H2,1H3,(H3,29,30)(H,36,37). The van der Waals surface area contributed by atoms with Crippen LogP contribution in [0.5, 0.6) is 28.9 Å². The number of carboxylic acid groups (broad SMARTS) is 1. The number of phenols is 1. The summed E-state index contributed by atoms with van der Waals surface area (Å²) in [7, 11) is 1.79. The van der Waals surface area contributed by atoms with Crippen LogP contribution in [-0.4, -0.2) is 80.1 Å². The number of pyridine rings is 1. The van der Waals surface area contributed by atoms with Crippen molar-refractivity contribution in [2.75, 3.05) is 25.2 Å². The van der Waals surface area contributed by atoms with Crippen LogP contribution in [0.2, 0.25) is 0 Å². The van der Waals surface area contributed by atoms with Crippen LogP contribution in [-0.2, 0) is 4.79 Å². The Morgan fingerprint density at radius 1 is 1.20 bits per heavy atom. The number of aliphatic imine (C=N–C) groups is 1. The number of amidine groups is 2. The predicted molar refractivity (Wildman–Crippen MR) is 143 cm³/mol. The number of halogens is 2. The summed E-state index contributed by atoms with van der Waals surface area (Å²) < 4.78 is 41.4. The number of thioether (sulfide) groups is 1. The molecular formula is C26H24F2N6O5S. The molecule has 3 heterocycles. The van der Waals surface area contributed by atoms with Crippen molar-refractivity contribution >= 4 is 29.4 Å². The van der Waals surface area contributed by atoms with Crippen molar-refractivity contribution in [3.8, 4) is 28.9 Å². The SMILES string of the molecule is CN1CC(N2CSCC2C(=O)O)N=C1c1ccccc1Oc1c(F)cnc(Oc2cc(C(=N)N)ccc2O)c1F. The van der Waals surface area contributed by atoms with Gasteiger partial charge in [-0.15, -0.1) is 11.8 Å². The molecule has 5 N–H and O–H groups in total. The van der Waals surface area contributed by atoms with Crippen molar-refractivity contribution in [3.05, 3.63) is 71.4 Å². The zero-order valence-electron chi connectivity index (χ0n) is 21.0. The Morgan fingerprint density at radius 2 is 1.98 bits per heavy atom. The van der Waals surface area contributed by atoms with Gasteiger partial charge < -0.3 is 30.3 Å². The second kappa shape index (κ2) is 11.0. The third-order valence-electron chi connectivity index (χ3n) is 6.37. The molecule has 14 heteroatoms. The lowest BCUT2D eigenvalue weighted by Gasteiger charge is -2.25. The lowest BCUT2D eigenvalue weighted by atomic mass is 10.1. The molecule has 0 amide bonds. The lowest BCUT2D eigenvalue weighted by molar-refractivity contribution is -0.142. The average molecular weight is 571 g/mol. The van der Waals surface area contributed by atoms with Gasteiger partial charge in [0.2, 0.25) is 11.6 Å². The third-order valence-corrected chi connectivity index (χ3v) is 7.40. The number of likely N-dealkylation sites (N-methyl/N-ethyl adjacent to an activating group) is 1. The first kappa shape index (κ1) is 27.1. The number of hydrogen-bond acceptors (Lipinski definition) is 10. The van der Waals surface area contributed by atoms with E-state index in [9.17, 15) is 19.4 Å². The number of nitrogens with one attached hydrogen (secondary N) is 1. The van der Waals surface area contributed by atoms with Crippen LogP contribution < -0.4 is 15.2 Å². The number of benzene rings is 2. The molecule has 2 unspecified atom stereocenters. The minimum Gasteiger partial charge on any atom is -0.504 e. The normalized spacial score (nSPS) is 19.0. The van der Waals surface area contributed by atoms with Gasteiger partial charge in [0.25, 0.3) is 5.88 Å². The summed E-state index contributed by atoms with van der Waals surface area (Å²) in [4.78, 5) is 23.7. The van der Waals surface area contributed by atoms with Gasteiger partial charge in [0.1, 0.15) is 29.6 Å². The molecule has 11 nitrogen and oxygen atoms in total. The quantitative estimate of drug-likeness (QED) is 0.234. The number of para-hydroxylation sites is 1. The largest absolute Gasteiger partial charge is 0.504 e. The Hall–Kier alpha value is -4.43. The fourth-order valence-corrected chi connectivity index (χ4v) is 5.57. The number of carbonyl (C=O) groups is 1. The first-order chi connectivity index (χ1) is 19.1. The molecule has 3 aromatic rings. The monoisotopic (exact) mass is 570 g/mol. The highest BCUT2D eigenvalue weighted by atomic mass is 32.2. The van der Waals surface area contributed by atoms with Gasteiger partial charge in [0.05, 0.1) is 18.3 Å². The molecule has 0 spiro atoms. The molecule has 0 saturated carbocycles. The van der Waals surface area contributed by atoms with Crippen LogP contribution in [0.15, 0.2) is 53.7 Å². The van der Waals surface area contributed by atoms with E-state index in [0.717, 1.165) is 0 Å². The van der Waals surface area contributed by atoms with E-state index < -0.39 is 41.4 Å². The molecule has 1 fully saturated rings. The Kier molecular flexibility index (Phi) is 7.45. The maximum absolute atomic E-state index is 15.5. The number of aromatic hydroxyl groups is 1. The smallest absolute Gasteiger partial charge is 0.321 e. The summed E-state index contributed by atoms with van der Waals surface area (Å²) in [6.45, 7) is 0.423. The number of hydrogen-bond donors (Lipinski definition) is 4. The molecule has 2 atom stereocenters. The Bertz CT molecular complexity index is 1520. The van der Waals surface area contributed by atoms with Crippen molar-refractivity contribution in [1.82, 2.24) is 14.8 Å². The number of aliphatic carboxylic acids is 1. The first-order valence-corrected chi connectivity index (χ1v) is 13.1. The van der Waals surface area contributed by atoms with Crippen molar-refractivity contribution in [1.29, 1.82) is 5.41 Å². The summed E-state index contributed by atoms with van der Waals surface area (Å²) in [6.07, 6.45) is 0.297. The maximum atomic E-state index is 15.5. The highest BCUT2D eigenvalue weighted by Gasteiger charge is 2.39. The van der Waals surface area contributed by atoms with E-state index in [2.05, 4.69) is 4.98 Å². The molecule has 2 aliphatic rings. The van der Waals surface area contributed by atoms with Crippen LogP contribution >= 0.6 is 11.8 Å². The molecule has 40 heavy (non-hydrogen) atoms. The number of nitrogen functional groups attached to an aromatic ring is 1. The summed E-state index contributed by atoms with van der Waals surface area (Å²) in [5, 5.41) is 27.2. The van der Waals surface area contributed by atoms with Crippen LogP contribution in [0.1, 0.15) is 11.1 Å². The van der Waals surface area contributed by atoms with E-state index in [1.165, 1.54) is 36.0 Å². The molecule has 2 aliphatic heterocycles. The first-order valence-electron chi connectivity index (χ1n) is 12.0. The van der Waals surface area contributed by atoms with Gasteiger partial charge >= 0.3 is 5.97 Å². The van der Waals surface area contributed by atoms with Gasteiger partial charge in [0.15, 0.2) is 17.3 Å². The van der Waals surface area contributed by atoms with Crippen molar-refractivity contribution in [2.24, 2.45) is 10.7 Å². The third kappa shape index (κ3) is 5.22. The van der Waals surface area contributed by atoms with Crippen molar-refractivity contribution < 1.29 is 33.3 Å². The minimum atomic E-state index is -1.26. The zero-order valence-corrected chi connectivity index (χ0v) is 21.9. The summed E-state index contributed by atoms with van der Waals surface area (Å²) >= 11 is 1.52. The number of nitrogens with zero attached hydrogens (tertiary/aromatic N) is 4. The number of aromatic nitrogens is 1. The fourth-order valence-electron chi connectivity index (χ4n) is 4.34. The molecule has 0 bridgehead atoms. The molecule has 2 aromatic carbocycles.